The molecule has 7 heteroatoms. The van der Waals surface area contributed by atoms with Gasteiger partial charge in [0.1, 0.15) is 0 Å². The fourth-order valence-corrected chi connectivity index (χ4v) is 1.85. The Bertz CT molecular complexity index is 684. The number of nitrogens with two attached hydrogens (primary N) is 1. The lowest BCUT2D eigenvalue weighted by molar-refractivity contribution is -0.137. The largest absolute Gasteiger partial charge is 0.465 e. The predicted octanol–water partition coefficient (Wildman–Crippen LogP) is 3.14. The molecule has 0 radical (unpaired) electrons. The van der Waals surface area contributed by atoms with Crippen LogP contribution in [0.4, 0.5) is 18.9 Å². The van der Waals surface area contributed by atoms with Gasteiger partial charge in [-0.2, -0.15) is 13.2 Å². The number of carbonyl (C=O) groups excluding carboxylic acids is 1. The van der Waals surface area contributed by atoms with E-state index in [1.807, 2.05) is 0 Å². The summed E-state index contributed by atoms with van der Waals surface area (Å²) in [5.74, 6) is -0.736. The van der Waals surface area contributed by atoms with E-state index in [2.05, 4.69) is 9.72 Å². The highest BCUT2D eigenvalue weighted by Gasteiger charge is 2.33. The average Bonchev–Trinajstić information content (AvgIpc) is 2.46. The summed E-state index contributed by atoms with van der Waals surface area (Å²) < 4.78 is 43.5. The van der Waals surface area contributed by atoms with Gasteiger partial charge in [-0.25, -0.2) is 4.79 Å². The molecule has 21 heavy (non-hydrogen) atoms. The Hall–Kier alpha value is -2.57. The number of esters is 1. The lowest BCUT2D eigenvalue weighted by Crippen LogP contribution is -2.09. The Morgan fingerprint density at radius 2 is 1.95 bits per heavy atom. The minimum Gasteiger partial charge on any atom is -0.465 e. The third kappa shape index (κ3) is 2.96. The quantitative estimate of drug-likeness (QED) is 0.865. The van der Waals surface area contributed by atoms with E-state index in [9.17, 15) is 18.0 Å². The van der Waals surface area contributed by atoms with Crippen LogP contribution in [0.1, 0.15) is 15.9 Å². The summed E-state index contributed by atoms with van der Waals surface area (Å²) in [6, 6.07) is 6.16. The molecule has 0 atom stereocenters. The van der Waals surface area contributed by atoms with E-state index in [4.69, 9.17) is 5.73 Å². The minimum absolute atomic E-state index is 0.00229. The van der Waals surface area contributed by atoms with Gasteiger partial charge in [-0.05, 0) is 12.1 Å². The number of methoxy groups -OCH3 is 1. The maximum Gasteiger partial charge on any atom is 0.417 e. The Morgan fingerprint density at radius 1 is 1.29 bits per heavy atom. The van der Waals surface area contributed by atoms with Gasteiger partial charge in [0.25, 0.3) is 0 Å². The Morgan fingerprint density at radius 3 is 2.57 bits per heavy atom. The summed E-state index contributed by atoms with van der Waals surface area (Å²) in [5, 5.41) is 0. The number of benzene rings is 1. The first-order valence-electron chi connectivity index (χ1n) is 5.85. The first-order valence-corrected chi connectivity index (χ1v) is 5.85. The van der Waals surface area contributed by atoms with Crippen molar-refractivity contribution in [2.24, 2.45) is 0 Å². The SMILES string of the molecule is COC(=O)c1cc(-c2ccccc2C(F)(F)F)ncc1N. The maximum absolute atomic E-state index is 13.0. The van der Waals surface area contributed by atoms with Gasteiger partial charge in [0, 0.05) is 5.56 Å². The molecule has 2 N–H and O–H groups in total. The number of ether oxygens (including phenoxy) is 1. The van der Waals surface area contributed by atoms with E-state index in [-0.39, 0.29) is 22.5 Å². The summed E-state index contributed by atoms with van der Waals surface area (Å²) in [4.78, 5) is 15.4. The first kappa shape index (κ1) is 14.8. The molecule has 2 aromatic rings. The van der Waals surface area contributed by atoms with Crippen molar-refractivity contribution in [3.05, 3.63) is 47.7 Å². The molecule has 110 valence electrons. The summed E-state index contributed by atoms with van der Waals surface area (Å²) in [6.07, 6.45) is -3.39. The molecule has 1 heterocycles. The van der Waals surface area contributed by atoms with Crippen molar-refractivity contribution >= 4 is 11.7 Å². The van der Waals surface area contributed by atoms with Gasteiger partial charge in [-0.3, -0.25) is 4.98 Å². The van der Waals surface area contributed by atoms with Gasteiger partial charge < -0.3 is 10.5 Å². The highest BCUT2D eigenvalue weighted by molar-refractivity contribution is 5.96. The molecule has 0 saturated heterocycles. The molecule has 0 aliphatic carbocycles. The molecular weight excluding hydrogens is 285 g/mol. The maximum atomic E-state index is 13.0. The molecule has 1 aromatic heterocycles. The summed E-state index contributed by atoms with van der Waals surface area (Å²) in [6.45, 7) is 0. The van der Waals surface area contributed by atoms with Gasteiger partial charge in [0.2, 0.25) is 0 Å². The zero-order valence-corrected chi connectivity index (χ0v) is 10.9. The Labute approximate surface area is 118 Å². The molecule has 0 aliphatic heterocycles. The summed E-state index contributed by atoms with van der Waals surface area (Å²) >= 11 is 0. The average molecular weight is 296 g/mol. The van der Waals surface area contributed by atoms with Crippen molar-refractivity contribution in [2.75, 3.05) is 12.8 Å². The molecule has 0 amide bonds. The number of rotatable bonds is 2. The van der Waals surface area contributed by atoms with Crippen LogP contribution < -0.4 is 5.73 Å². The fraction of sp³-hybridized carbons (Fsp3) is 0.143. The normalized spacial score (nSPS) is 11.2. The van der Waals surface area contributed by atoms with Crippen LogP contribution in [-0.2, 0) is 10.9 Å². The third-order valence-electron chi connectivity index (χ3n) is 2.85. The molecule has 0 bridgehead atoms. The van der Waals surface area contributed by atoms with Gasteiger partial charge in [-0.1, -0.05) is 18.2 Å². The number of halogens is 3. The van der Waals surface area contributed by atoms with Crippen LogP contribution in [0.5, 0.6) is 0 Å². The number of alkyl halides is 3. The van der Waals surface area contributed by atoms with Crippen LogP contribution in [0.15, 0.2) is 36.5 Å². The number of pyridine rings is 1. The molecule has 0 unspecified atom stereocenters. The van der Waals surface area contributed by atoms with E-state index >= 15 is 0 Å². The van der Waals surface area contributed by atoms with E-state index in [0.717, 1.165) is 19.4 Å². The molecule has 0 spiro atoms. The summed E-state index contributed by atoms with van der Waals surface area (Å²) in [7, 11) is 1.16. The molecule has 0 saturated carbocycles. The predicted molar refractivity (Wildman–Crippen MR) is 70.4 cm³/mol. The second-order valence-corrected chi connectivity index (χ2v) is 4.19. The smallest absolute Gasteiger partial charge is 0.417 e. The van der Waals surface area contributed by atoms with Crippen molar-refractivity contribution in [3.8, 4) is 11.3 Å². The Kier molecular flexibility index (Phi) is 3.84. The molecule has 0 fully saturated rings. The van der Waals surface area contributed by atoms with Gasteiger partial charge in [-0.15, -0.1) is 0 Å². The molecule has 0 aliphatic rings. The lowest BCUT2D eigenvalue weighted by Gasteiger charge is -2.13. The molecular formula is C14H11F3N2O2. The van der Waals surface area contributed by atoms with Crippen molar-refractivity contribution in [1.82, 2.24) is 4.98 Å². The molecule has 2 rings (SSSR count). The van der Waals surface area contributed by atoms with Crippen LogP contribution >= 0.6 is 0 Å². The number of carbonyl (C=O) groups is 1. The van der Waals surface area contributed by atoms with Crippen molar-refractivity contribution < 1.29 is 22.7 Å². The van der Waals surface area contributed by atoms with Crippen LogP contribution in [-0.4, -0.2) is 18.1 Å². The van der Waals surface area contributed by atoms with E-state index < -0.39 is 17.7 Å². The third-order valence-corrected chi connectivity index (χ3v) is 2.85. The molecule has 1 aromatic carbocycles. The highest BCUT2D eigenvalue weighted by Crippen LogP contribution is 2.36. The first-order chi connectivity index (χ1) is 9.84. The van der Waals surface area contributed by atoms with E-state index in [1.54, 1.807) is 0 Å². The number of hydrogen-bond acceptors (Lipinski definition) is 4. The molecule has 4 nitrogen and oxygen atoms in total. The zero-order valence-electron chi connectivity index (χ0n) is 10.9. The van der Waals surface area contributed by atoms with Gasteiger partial charge >= 0.3 is 12.1 Å². The van der Waals surface area contributed by atoms with Crippen LogP contribution in [0.3, 0.4) is 0 Å². The lowest BCUT2D eigenvalue weighted by atomic mass is 10.0. The van der Waals surface area contributed by atoms with Crippen molar-refractivity contribution in [3.63, 3.8) is 0 Å². The highest BCUT2D eigenvalue weighted by atomic mass is 19.4. The monoisotopic (exact) mass is 296 g/mol. The standard InChI is InChI=1S/C14H11F3N2O2/c1-21-13(20)9-6-12(19-7-11(9)18)8-4-2-3-5-10(8)14(15,16)17/h2-7H,18H2,1H3. The number of nitrogens with zero attached hydrogens (tertiary/aromatic N) is 1. The number of nitrogen functional groups attached to an aromatic ring is 1. The second-order valence-electron chi connectivity index (χ2n) is 4.19. The van der Waals surface area contributed by atoms with Gasteiger partial charge in [0.15, 0.2) is 0 Å². The number of aromatic nitrogens is 1. The topological polar surface area (TPSA) is 65.2 Å². The Balaban J connectivity index is 2.61. The van der Waals surface area contributed by atoms with Gasteiger partial charge in [0.05, 0.1) is 35.8 Å². The number of anilines is 1. The summed E-state index contributed by atoms with van der Waals surface area (Å²) in [5.41, 5.74) is 4.62. The zero-order chi connectivity index (χ0) is 15.6. The number of hydrogen-bond donors (Lipinski definition) is 1. The fourth-order valence-electron chi connectivity index (χ4n) is 1.85. The van der Waals surface area contributed by atoms with Crippen molar-refractivity contribution in [1.29, 1.82) is 0 Å². The minimum atomic E-state index is -4.52. The van der Waals surface area contributed by atoms with E-state index in [0.29, 0.717) is 0 Å². The van der Waals surface area contributed by atoms with E-state index in [1.165, 1.54) is 24.3 Å². The second kappa shape index (κ2) is 5.43. The van der Waals surface area contributed by atoms with Crippen LogP contribution in [0.25, 0.3) is 11.3 Å². The van der Waals surface area contributed by atoms with Crippen molar-refractivity contribution in [2.45, 2.75) is 6.18 Å². The van der Waals surface area contributed by atoms with Crippen LogP contribution in [0.2, 0.25) is 0 Å². The van der Waals surface area contributed by atoms with Crippen LogP contribution in [0, 0.1) is 0 Å².